The Hall–Kier alpha value is -2.04. The summed E-state index contributed by atoms with van der Waals surface area (Å²) in [6, 6.07) is 4.02. The molecule has 0 aromatic carbocycles. The average Bonchev–Trinajstić information content (AvgIpc) is 2.90. The molecule has 0 radical (unpaired) electrons. The third-order valence-electron chi connectivity index (χ3n) is 3.78. The number of hydrogen-bond acceptors (Lipinski definition) is 3. The third kappa shape index (κ3) is 2.16. The summed E-state index contributed by atoms with van der Waals surface area (Å²) >= 11 is 0. The zero-order chi connectivity index (χ0) is 13.2. The molecule has 0 spiro atoms. The summed E-state index contributed by atoms with van der Waals surface area (Å²) in [5.41, 5.74) is 2.16. The lowest BCUT2D eigenvalue weighted by Crippen LogP contribution is -2.38. The minimum Gasteiger partial charge on any atom is -0.453 e. The number of hydrogen-bond donors (Lipinski definition) is 1. The van der Waals surface area contributed by atoms with E-state index < -0.39 is 0 Å². The van der Waals surface area contributed by atoms with Crippen LogP contribution in [0.4, 0.5) is 4.79 Å². The van der Waals surface area contributed by atoms with Crippen molar-refractivity contribution >= 4 is 17.1 Å². The molecule has 1 amide bonds. The number of carbonyl (C=O) groups is 1. The number of aromatic nitrogens is 2. The first-order chi connectivity index (χ1) is 9.29. The van der Waals surface area contributed by atoms with E-state index in [1.54, 1.807) is 11.1 Å². The van der Waals surface area contributed by atoms with Crippen LogP contribution in [0.3, 0.4) is 0 Å². The van der Waals surface area contributed by atoms with Gasteiger partial charge in [0, 0.05) is 36.8 Å². The Kier molecular flexibility index (Phi) is 3.11. The number of carbonyl (C=O) groups excluding carboxylic acids is 1. The molecule has 0 bridgehead atoms. The van der Waals surface area contributed by atoms with Gasteiger partial charge in [-0.25, -0.2) is 9.78 Å². The molecule has 1 aliphatic rings. The Morgan fingerprint density at radius 2 is 2.47 bits per heavy atom. The van der Waals surface area contributed by atoms with E-state index >= 15 is 0 Å². The summed E-state index contributed by atoms with van der Waals surface area (Å²) < 4.78 is 4.81. The van der Waals surface area contributed by atoms with Gasteiger partial charge in [-0.05, 0) is 30.5 Å². The molecular weight excluding hydrogens is 242 g/mol. The van der Waals surface area contributed by atoms with Crippen LogP contribution in [-0.4, -0.2) is 41.2 Å². The molecule has 5 heteroatoms. The molecule has 2 aromatic heterocycles. The fraction of sp³-hybridized carbons (Fsp3) is 0.429. The first kappa shape index (κ1) is 12.0. The second kappa shape index (κ2) is 4.91. The lowest BCUT2D eigenvalue weighted by Gasteiger charge is -2.31. The van der Waals surface area contributed by atoms with Gasteiger partial charge in [-0.2, -0.15) is 0 Å². The van der Waals surface area contributed by atoms with Gasteiger partial charge < -0.3 is 14.6 Å². The van der Waals surface area contributed by atoms with Crippen LogP contribution in [0.2, 0.25) is 0 Å². The van der Waals surface area contributed by atoms with E-state index in [1.807, 2.05) is 12.3 Å². The van der Waals surface area contributed by atoms with Crippen LogP contribution < -0.4 is 0 Å². The van der Waals surface area contributed by atoms with Crippen molar-refractivity contribution in [1.29, 1.82) is 0 Å². The Bertz CT molecular complexity index is 593. The van der Waals surface area contributed by atoms with Crippen molar-refractivity contribution < 1.29 is 9.53 Å². The molecule has 0 saturated carbocycles. The second-order valence-corrected chi connectivity index (χ2v) is 4.90. The van der Waals surface area contributed by atoms with E-state index in [1.165, 1.54) is 12.7 Å². The minimum absolute atomic E-state index is 0.234. The summed E-state index contributed by atoms with van der Waals surface area (Å²) in [4.78, 5) is 20.9. The van der Waals surface area contributed by atoms with E-state index in [0.717, 1.165) is 30.4 Å². The standard InChI is InChI=1S/C14H17N3O2/c1-19-14(18)17-7-3-4-10(9-17)12-8-16-13-11(12)5-2-6-15-13/h2,5-6,8,10H,3-4,7,9H2,1H3,(H,15,16). The minimum atomic E-state index is -0.234. The molecule has 1 saturated heterocycles. The van der Waals surface area contributed by atoms with Gasteiger partial charge in [0.25, 0.3) is 0 Å². The number of amides is 1. The average molecular weight is 259 g/mol. The van der Waals surface area contributed by atoms with Crippen molar-refractivity contribution in [2.24, 2.45) is 0 Å². The SMILES string of the molecule is COC(=O)N1CCCC(c2c[nH]c3ncccc23)C1. The maximum absolute atomic E-state index is 11.6. The maximum atomic E-state index is 11.6. The van der Waals surface area contributed by atoms with Crippen molar-refractivity contribution in [3.8, 4) is 0 Å². The summed E-state index contributed by atoms with van der Waals surface area (Å²) in [6.45, 7) is 1.50. The molecule has 1 fully saturated rings. The highest BCUT2D eigenvalue weighted by atomic mass is 16.5. The Morgan fingerprint density at radius 3 is 3.32 bits per heavy atom. The van der Waals surface area contributed by atoms with Gasteiger partial charge in [-0.15, -0.1) is 0 Å². The number of nitrogens with one attached hydrogen (secondary N) is 1. The van der Waals surface area contributed by atoms with Crippen molar-refractivity contribution in [3.63, 3.8) is 0 Å². The molecule has 100 valence electrons. The summed E-state index contributed by atoms with van der Waals surface area (Å²) in [6.07, 6.45) is 5.66. The highest BCUT2D eigenvalue weighted by molar-refractivity contribution is 5.80. The van der Waals surface area contributed by atoms with E-state index in [-0.39, 0.29) is 6.09 Å². The lowest BCUT2D eigenvalue weighted by atomic mass is 9.91. The number of pyridine rings is 1. The number of H-pyrrole nitrogens is 1. The monoisotopic (exact) mass is 259 g/mol. The normalized spacial score (nSPS) is 19.6. The number of nitrogens with zero attached hydrogens (tertiary/aromatic N) is 2. The Balaban J connectivity index is 1.87. The van der Waals surface area contributed by atoms with Crippen LogP contribution in [0.15, 0.2) is 24.5 Å². The first-order valence-electron chi connectivity index (χ1n) is 6.54. The molecule has 2 aromatic rings. The predicted octanol–water partition coefficient (Wildman–Crippen LogP) is 2.51. The summed E-state index contributed by atoms with van der Waals surface area (Å²) in [7, 11) is 1.43. The van der Waals surface area contributed by atoms with Gasteiger partial charge in [-0.3, -0.25) is 0 Å². The first-order valence-corrected chi connectivity index (χ1v) is 6.54. The zero-order valence-electron chi connectivity index (χ0n) is 10.9. The van der Waals surface area contributed by atoms with Crippen molar-refractivity contribution in [3.05, 3.63) is 30.1 Å². The number of aromatic amines is 1. The lowest BCUT2D eigenvalue weighted by molar-refractivity contribution is 0.111. The third-order valence-corrected chi connectivity index (χ3v) is 3.78. The largest absolute Gasteiger partial charge is 0.453 e. The molecule has 1 atom stereocenters. The Morgan fingerprint density at radius 1 is 1.58 bits per heavy atom. The fourth-order valence-corrected chi connectivity index (χ4v) is 2.84. The zero-order valence-corrected chi connectivity index (χ0v) is 10.9. The fourth-order valence-electron chi connectivity index (χ4n) is 2.84. The molecular formula is C14H17N3O2. The molecule has 5 nitrogen and oxygen atoms in total. The molecule has 0 aliphatic carbocycles. The van der Waals surface area contributed by atoms with Crippen molar-refractivity contribution in [2.45, 2.75) is 18.8 Å². The molecule has 1 aliphatic heterocycles. The van der Waals surface area contributed by atoms with Crippen molar-refractivity contribution in [2.75, 3.05) is 20.2 Å². The predicted molar refractivity (Wildman–Crippen MR) is 72.0 cm³/mol. The van der Waals surface area contributed by atoms with Gasteiger partial charge in [-0.1, -0.05) is 0 Å². The number of piperidine rings is 1. The highest BCUT2D eigenvalue weighted by Crippen LogP contribution is 2.31. The van der Waals surface area contributed by atoms with E-state index in [0.29, 0.717) is 12.5 Å². The molecule has 1 unspecified atom stereocenters. The van der Waals surface area contributed by atoms with Crippen LogP contribution in [0.25, 0.3) is 11.0 Å². The summed E-state index contributed by atoms with van der Waals surface area (Å²) in [5, 5.41) is 1.15. The summed E-state index contributed by atoms with van der Waals surface area (Å²) in [5.74, 6) is 0.353. The van der Waals surface area contributed by atoms with Gasteiger partial charge in [0.2, 0.25) is 0 Å². The van der Waals surface area contributed by atoms with Crippen LogP contribution in [0, 0.1) is 0 Å². The Labute approximate surface area is 111 Å². The van der Waals surface area contributed by atoms with Gasteiger partial charge in [0.05, 0.1) is 7.11 Å². The molecule has 3 heterocycles. The van der Waals surface area contributed by atoms with Gasteiger partial charge in [0.1, 0.15) is 5.65 Å². The van der Waals surface area contributed by atoms with E-state index in [2.05, 4.69) is 16.0 Å². The van der Waals surface area contributed by atoms with Gasteiger partial charge in [0.15, 0.2) is 0 Å². The highest BCUT2D eigenvalue weighted by Gasteiger charge is 2.26. The van der Waals surface area contributed by atoms with Crippen LogP contribution in [-0.2, 0) is 4.74 Å². The molecule has 1 N–H and O–H groups in total. The topological polar surface area (TPSA) is 58.2 Å². The van der Waals surface area contributed by atoms with E-state index in [9.17, 15) is 4.79 Å². The number of ether oxygens (including phenoxy) is 1. The number of fused-ring (bicyclic) bond motifs is 1. The number of rotatable bonds is 1. The molecule has 3 rings (SSSR count). The number of likely N-dealkylation sites (tertiary alicyclic amines) is 1. The number of methoxy groups -OCH3 is 1. The maximum Gasteiger partial charge on any atom is 0.409 e. The molecule has 19 heavy (non-hydrogen) atoms. The van der Waals surface area contributed by atoms with Crippen LogP contribution >= 0.6 is 0 Å². The van der Waals surface area contributed by atoms with Crippen molar-refractivity contribution in [1.82, 2.24) is 14.9 Å². The smallest absolute Gasteiger partial charge is 0.409 e. The van der Waals surface area contributed by atoms with Crippen LogP contribution in [0.5, 0.6) is 0 Å². The second-order valence-electron chi connectivity index (χ2n) is 4.90. The van der Waals surface area contributed by atoms with E-state index in [4.69, 9.17) is 4.74 Å². The van der Waals surface area contributed by atoms with Gasteiger partial charge >= 0.3 is 6.09 Å². The van der Waals surface area contributed by atoms with Crippen LogP contribution in [0.1, 0.15) is 24.3 Å². The quantitative estimate of drug-likeness (QED) is 0.856.